The Morgan fingerprint density at radius 2 is 1.79 bits per heavy atom. The van der Waals surface area contributed by atoms with Crippen LogP contribution in [0.5, 0.6) is 5.75 Å². The van der Waals surface area contributed by atoms with Crippen LogP contribution in [0, 0.1) is 17.8 Å². The number of ether oxygens (including phenoxy) is 1. The number of benzene rings is 2. The summed E-state index contributed by atoms with van der Waals surface area (Å²) < 4.78 is 34.9. The van der Waals surface area contributed by atoms with Gasteiger partial charge in [-0.15, -0.1) is 0 Å². The Kier molecular flexibility index (Phi) is 7.46. The Hall–Kier alpha value is -4.06. The maximum atomic E-state index is 14.0. The lowest BCUT2D eigenvalue weighted by atomic mass is 9.99. The number of aryl methyl sites for hydroxylation is 1. The summed E-state index contributed by atoms with van der Waals surface area (Å²) in [6, 6.07) is 13.8. The van der Waals surface area contributed by atoms with Crippen molar-refractivity contribution in [2.45, 2.75) is 70.1 Å². The zero-order valence-electron chi connectivity index (χ0n) is 26.6. The summed E-state index contributed by atoms with van der Waals surface area (Å²) in [4.78, 5) is 32.5. The van der Waals surface area contributed by atoms with Crippen LogP contribution in [0.4, 0.5) is 4.79 Å². The molecule has 2 N–H and O–H groups in total. The van der Waals surface area contributed by atoms with Crippen LogP contribution in [0.3, 0.4) is 0 Å². The van der Waals surface area contributed by atoms with Crippen LogP contribution in [0.2, 0.25) is 0 Å². The van der Waals surface area contributed by atoms with Gasteiger partial charge in [-0.2, -0.15) is 0 Å². The van der Waals surface area contributed by atoms with Gasteiger partial charge in [-0.1, -0.05) is 18.2 Å². The van der Waals surface area contributed by atoms with Gasteiger partial charge in [0.25, 0.3) is 5.91 Å². The minimum absolute atomic E-state index is 0.111. The number of nitrogens with zero attached hydrogens (tertiary/aromatic N) is 4. The highest BCUT2D eigenvalue weighted by Crippen LogP contribution is 2.41. The average molecular weight is 660 g/mol. The number of amides is 2. The van der Waals surface area contributed by atoms with Crippen molar-refractivity contribution in [2.75, 3.05) is 25.2 Å². The van der Waals surface area contributed by atoms with Crippen molar-refractivity contribution in [3.63, 3.8) is 0 Å². The van der Waals surface area contributed by atoms with Crippen LogP contribution < -0.4 is 10.1 Å². The molecule has 0 spiro atoms. The van der Waals surface area contributed by atoms with Crippen molar-refractivity contribution >= 4 is 43.8 Å². The predicted molar refractivity (Wildman–Crippen MR) is 178 cm³/mol. The summed E-state index contributed by atoms with van der Waals surface area (Å²) in [5.74, 6) is 2.75. The van der Waals surface area contributed by atoms with E-state index in [1.807, 2.05) is 11.0 Å². The molecule has 2 bridgehead atoms. The maximum Gasteiger partial charge on any atom is 0.404 e. The summed E-state index contributed by atoms with van der Waals surface area (Å²) in [6.45, 7) is 2.08. The molecule has 8 rings (SSSR count). The van der Waals surface area contributed by atoms with Gasteiger partial charge in [-0.3, -0.25) is 4.79 Å². The zero-order valence-corrected chi connectivity index (χ0v) is 27.4. The molecule has 0 unspecified atom stereocenters. The van der Waals surface area contributed by atoms with E-state index in [-0.39, 0.29) is 35.4 Å². The van der Waals surface area contributed by atoms with Gasteiger partial charge in [-0.25, -0.2) is 18.2 Å². The van der Waals surface area contributed by atoms with Gasteiger partial charge in [0, 0.05) is 36.1 Å². The summed E-state index contributed by atoms with van der Waals surface area (Å²) in [5.41, 5.74) is 4.15. The quantitative estimate of drug-likeness (QED) is 0.253. The van der Waals surface area contributed by atoms with Crippen LogP contribution in [-0.2, 0) is 22.9 Å². The molecule has 2 saturated heterocycles. The minimum atomic E-state index is -2.95. The summed E-state index contributed by atoms with van der Waals surface area (Å²) in [5, 5.41) is 13.2. The number of fused-ring (bicyclic) bond motifs is 4. The van der Waals surface area contributed by atoms with Crippen LogP contribution in [0.25, 0.3) is 33.5 Å². The van der Waals surface area contributed by atoms with Crippen molar-refractivity contribution in [3.05, 3.63) is 48.0 Å². The summed E-state index contributed by atoms with van der Waals surface area (Å²) >= 11 is 0. The number of sulfone groups is 1. The Labute approximate surface area is 273 Å². The molecule has 12 heteroatoms. The standard InChI is InChI=1S/C35H41N5O6S/c1-46-30-18-25(34(41)40-20-24-8-9-28(40)31(24)37-35(42)43)16-26-32(30)38(13-10-21-11-14-47(44,45)15-12-21)33(36-26)29-17-23-4-2-3-5-27(23)39(29)19-22-6-7-22/h2-5,16-18,21-22,24,28,31,37H,6-15,19-20H2,1H3,(H,42,43)/t24-,28-,31-/m1/s1. The third-order valence-corrected chi connectivity index (χ3v) is 12.7. The molecule has 2 aromatic carbocycles. The largest absolute Gasteiger partial charge is 0.494 e. The van der Waals surface area contributed by atoms with Crippen LogP contribution >= 0.6 is 0 Å². The van der Waals surface area contributed by atoms with E-state index in [0.717, 1.165) is 48.2 Å². The van der Waals surface area contributed by atoms with Gasteiger partial charge < -0.3 is 29.2 Å². The number of nitrogens with one attached hydrogen (secondary N) is 1. The maximum absolute atomic E-state index is 14.0. The first-order chi connectivity index (χ1) is 22.7. The summed E-state index contributed by atoms with van der Waals surface area (Å²) in [7, 11) is -1.34. The molecule has 2 aromatic heterocycles. The molecule has 0 radical (unpaired) electrons. The van der Waals surface area contributed by atoms with E-state index in [0.29, 0.717) is 54.6 Å². The number of piperidine rings is 1. The van der Waals surface area contributed by atoms with Crippen molar-refractivity contribution in [2.24, 2.45) is 17.8 Å². The molecule has 4 aromatic rings. The smallest absolute Gasteiger partial charge is 0.404 e. The molecule has 2 saturated carbocycles. The molecule has 4 aliphatic rings. The average Bonchev–Trinajstić information content (AvgIpc) is 3.37. The molecule has 2 amide bonds. The highest BCUT2D eigenvalue weighted by molar-refractivity contribution is 7.91. The van der Waals surface area contributed by atoms with Crippen molar-refractivity contribution in [1.29, 1.82) is 0 Å². The number of methoxy groups -OCH3 is 1. The fraction of sp³-hybridized carbons (Fsp3) is 0.514. The van der Waals surface area contributed by atoms with Crippen molar-refractivity contribution < 1.29 is 27.9 Å². The number of carbonyl (C=O) groups excluding carboxylic acids is 1. The highest BCUT2D eigenvalue weighted by Gasteiger charge is 2.49. The van der Waals surface area contributed by atoms with Crippen LogP contribution in [-0.4, -0.2) is 81.8 Å². The number of likely N-dealkylation sites (tertiary alicyclic amines) is 1. The Morgan fingerprint density at radius 3 is 2.53 bits per heavy atom. The lowest BCUT2D eigenvalue weighted by Crippen LogP contribution is -2.45. The Morgan fingerprint density at radius 1 is 1.00 bits per heavy atom. The molecule has 2 aliphatic heterocycles. The minimum Gasteiger partial charge on any atom is -0.494 e. The number of carbonyl (C=O) groups is 2. The molecule has 47 heavy (non-hydrogen) atoms. The van der Waals surface area contributed by atoms with Gasteiger partial charge in [0.1, 0.15) is 21.1 Å². The molecule has 11 nitrogen and oxygen atoms in total. The van der Waals surface area contributed by atoms with E-state index in [1.165, 1.54) is 18.4 Å². The third kappa shape index (κ3) is 5.54. The Balaban J connectivity index is 1.21. The lowest BCUT2D eigenvalue weighted by Gasteiger charge is -2.27. The Bertz CT molecular complexity index is 1980. The zero-order chi connectivity index (χ0) is 32.4. The van der Waals surface area contributed by atoms with Gasteiger partial charge in [0.05, 0.1) is 41.9 Å². The monoisotopic (exact) mass is 659 g/mol. The van der Waals surface area contributed by atoms with Crippen LogP contribution in [0.1, 0.15) is 55.3 Å². The topological polar surface area (TPSA) is 136 Å². The first-order valence-electron chi connectivity index (χ1n) is 16.9. The lowest BCUT2D eigenvalue weighted by molar-refractivity contribution is 0.0697. The second-order valence-electron chi connectivity index (χ2n) is 14.0. The predicted octanol–water partition coefficient (Wildman–Crippen LogP) is 5.16. The number of hydrogen-bond acceptors (Lipinski definition) is 6. The summed E-state index contributed by atoms with van der Waals surface area (Å²) in [6.07, 6.45) is 5.19. The van der Waals surface area contributed by atoms with E-state index in [1.54, 1.807) is 13.2 Å². The fourth-order valence-electron chi connectivity index (χ4n) is 8.37. The van der Waals surface area contributed by atoms with Gasteiger partial charge in [-0.05, 0) is 87.0 Å². The highest BCUT2D eigenvalue weighted by atomic mass is 32.2. The van der Waals surface area contributed by atoms with Crippen molar-refractivity contribution in [3.8, 4) is 17.3 Å². The second kappa shape index (κ2) is 11.6. The number of aromatic nitrogens is 3. The molecule has 4 heterocycles. The van der Waals surface area contributed by atoms with E-state index in [4.69, 9.17) is 9.72 Å². The number of hydrogen-bond donors (Lipinski definition) is 2. The van der Waals surface area contributed by atoms with Crippen LogP contribution in [0.15, 0.2) is 42.5 Å². The van der Waals surface area contributed by atoms with Gasteiger partial charge in [0.15, 0.2) is 5.82 Å². The van der Waals surface area contributed by atoms with Gasteiger partial charge in [0.2, 0.25) is 0 Å². The van der Waals surface area contributed by atoms with E-state index < -0.39 is 15.9 Å². The molecule has 2 aliphatic carbocycles. The number of imidazole rings is 1. The normalized spacial score (nSPS) is 23.9. The van der Waals surface area contributed by atoms with Crippen molar-refractivity contribution in [1.82, 2.24) is 24.3 Å². The molecule has 248 valence electrons. The van der Waals surface area contributed by atoms with Gasteiger partial charge >= 0.3 is 6.09 Å². The molecular weight excluding hydrogens is 618 g/mol. The number of rotatable bonds is 9. The molecular formula is C35H41N5O6S. The fourth-order valence-corrected chi connectivity index (χ4v) is 9.96. The number of para-hydroxylation sites is 1. The van der Waals surface area contributed by atoms with E-state index in [9.17, 15) is 23.1 Å². The molecule has 3 atom stereocenters. The van der Waals surface area contributed by atoms with E-state index >= 15 is 0 Å². The first kappa shape index (κ1) is 30.3. The SMILES string of the molecule is COc1cc(C(=O)N2C[C@H]3CC[C@@H]2[C@@H]3NC(=O)O)cc2nc(-c3cc4ccccc4n3CC3CC3)n(CCC3CCS(=O)(=O)CC3)c12. The molecule has 4 fully saturated rings. The van der Waals surface area contributed by atoms with E-state index in [2.05, 4.69) is 44.8 Å². The number of carboxylic acid groups (broad SMARTS) is 1. The third-order valence-electron chi connectivity index (χ3n) is 11.0. The first-order valence-corrected chi connectivity index (χ1v) is 18.7. The second-order valence-corrected chi connectivity index (χ2v) is 16.3.